The standard InChI is InChI=1S/C19H14ClN3O5S/c20-16-12(2-1-5-21-16)17(24)22-6-7-23-18(25)15(29-19(23)26)9-11-3-4-13-14(8-11)28-10-27-13/h1-5,8-9H,6-7,10H2,(H,22,24)/b15-9+. The van der Waals surface area contributed by atoms with E-state index in [0.29, 0.717) is 16.4 Å². The lowest BCUT2D eigenvalue weighted by Crippen LogP contribution is -2.37. The summed E-state index contributed by atoms with van der Waals surface area (Å²) in [6.07, 6.45) is 3.10. The summed E-state index contributed by atoms with van der Waals surface area (Å²) in [4.78, 5) is 42.2. The van der Waals surface area contributed by atoms with Gasteiger partial charge in [0.05, 0.1) is 10.5 Å². The van der Waals surface area contributed by atoms with Crippen molar-refractivity contribution in [2.24, 2.45) is 0 Å². The van der Waals surface area contributed by atoms with E-state index >= 15 is 0 Å². The van der Waals surface area contributed by atoms with Gasteiger partial charge in [0.15, 0.2) is 11.5 Å². The Morgan fingerprint density at radius 2 is 2.10 bits per heavy atom. The number of halogens is 1. The predicted octanol–water partition coefficient (Wildman–Crippen LogP) is 2.93. The molecule has 2 aliphatic heterocycles. The zero-order valence-corrected chi connectivity index (χ0v) is 16.5. The molecule has 10 heteroatoms. The fraction of sp³-hybridized carbons (Fsp3) is 0.158. The highest BCUT2D eigenvalue weighted by molar-refractivity contribution is 8.18. The number of pyridine rings is 1. The predicted molar refractivity (Wildman–Crippen MR) is 107 cm³/mol. The van der Waals surface area contributed by atoms with Crippen LogP contribution in [0.3, 0.4) is 0 Å². The Bertz CT molecular complexity index is 1040. The number of carbonyl (C=O) groups is 3. The van der Waals surface area contributed by atoms with Crippen LogP contribution in [0.4, 0.5) is 4.79 Å². The summed E-state index contributed by atoms with van der Waals surface area (Å²) >= 11 is 6.73. The van der Waals surface area contributed by atoms with E-state index in [1.807, 2.05) is 0 Å². The highest BCUT2D eigenvalue weighted by atomic mass is 35.5. The Morgan fingerprint density at radius 3 is 2.93 bits per heavy atom. The van der Waals surface area contributed by atoms with E-state index in [9.17, 15) is 14.4 Å². The number of hydrogen-bond donors (Lipinski definition) is 1. The molecule has 0 saturated carbocycles. The van der Waals surface area contributed by atoms with E-state index in [-0.39, 0.29) is 30.6 Å². The van der Waals surface area contributed by atoms with Crippen molar-refractivity contribution in [2.45, 2.75) is 0 Å². The van der Waals surface area contributed by atoms with Gasteiger partial charge in [-0.15, -0.1) is 0 Å². The Labute approximate surface area is 174 Å². The molecule has 0 unspecified atom stereocenters. The molecular formula is C19H14ClN3O5S. The monoisotopic (exact) mass is 431 g/mol. The molecule has 1 saturated heterocycles. The van der Waals surface area contributed by atoms with Crippen LogP contribution in [-0.2, 0) is 4.79 Å². The molecule has 29 heavy (non-hydrogen) atoms. The van der Waals surface area contributed by atoms with Crippen LogP contribution in [0.5, 0.6) is 11.5 Å². The van der Waals surface area contributed by atoms with Crippen LogP contribution < -0.4 is 14.8 Å². The number of carbonyl (C=O) groups excluding carboxylic acids is 3. The molecule has 4 rings (SSSR count). The lowest BCUT2D eigenvalue weighted by molar-refractivity contribution is -0.122. The summed E-state index contributed by atoms with van der Waals surface area (Å²) < 4.78 is 10.6. The van der Waals surface area contributed by atoms with Crippen molar-refractivity contribution >= 4 is 46.5 Å². The average Bonchev–Trinajstić information content (AvgIpc) is 3.27. The summed E-state index contributed by atoms with van der Waals surface area (Å²) in [6, 6.07) is 8.40. The topological polar surface area (TPSA) is 97.8 Å². The van der Waals surface area contributed by atoms with E-state index in [4.69, 9.17) is 21.1 Å². The number of ether oxygens (including phenoxy) is 2. The van der Waals surface area contributed by atoms with Crippen LogP contribution >= 0.6 is 23.4 Å². The summed E-state index contributed by atoms with van der Waals surface area (Å²) in [6.45, 7) is 0.303. The quantitative estimate of drug-likeness (QED) is 0.574. The van der Waals surface area contributed by atoms with Crippen LogP contribution in [-0.4, -0.2) is 46.8 Å². The highest BCUT2D eigenvalue weighted by Crippen LogP contribution is 2.36. The van der Waals surface area contributed by atoms with Crippen LogP contribution in [0, 0.1) is 0 Å². The van der Waals surface area contributed by atoms with E-state index in [0.717, 1.165) is 22.2 Å². The second-order valence-corrected chi connectivity index (χ2v) is 7.39. The van der Waals surface area contributed by atoms with E-state index < -0.39 is 17.1 Å². The molecule has 1 aromatic carbocycles. The lowest BCUT2D eigenvalue weighted by Gasteiger charge is -2.13. The maximum atomic E-state index is 12.6. The Kier molecular flexibility index (Phi) is 5.41. The first-order valence-electron chi connectivity index (χ1n) is 8.56. The molecule has 0 atom stereocenters. The van der Waals surface area contributed by atoms with Gasteiger partial charge in [-0.25, -0.2) is 4.98 Å². The third-order valence-electron chi connectivity index (χ3n) is 4.19. The zero-order chi connectivity index (χ0) is 20.4. The molecule has 2 aliphatic rings. The van der Waals surface area contributed by atoms with Gasteiger partial charge >= 0.3 is 0 Å². The number of thioether (sulfide) groups is 1. The van der Waals surface area contributed by atoms with Crippen LogP contribution in [0.1, 0.15) is 15.9 Å². The number of benzene rings is 1. The molecule has 0 spiro atoms. The van der Waals surface area contributed by atoms with Crippen molar-refractivity contribution in [1.82, 2.24) is 15.2 Å². The maximum Gasteiger partial charge on any atom is 0.293 e. The highest BCUT2D eigenvalue weighted by Gasteiger charge is 2.34. The van der Waals surface area contributed by atoms with Gasteiger partial charge in [0.1, 0.15) is 5.15 Å². The smallest absolute Gasteiger partial charge is 0.293 e. The Balaban J connectivity index is 1.38. The van der Waals surface area contributed by atoms with Crippen LogP contribution in [0.25, 0.3) is 6.08 Å². The van der Waals surface area contributed by atoms with Crippen molar-refractivity contribution in [3.63, 3.8) is 0 Å². The molecular weight excluding hydrogens is 418 g/mol. The minimum Gasteiger partial charge on any atom is -0.454 e. The first-order chi connectivity index (χ1) is 14.0. The molecule has 8 nitrogen and oxygen atoms in total. The van der Waals surface area contributed by atoms with Crippen molar-refractivity contribution in [2.75, 3.05) is 19.9 Å². The Morgan fingerprint density at radius 1 is 1.28 bits per heavy atom. The average molecular weight is 432 g/mol. The fourth-order valence-corrected chi connectivity index (χ4v) is 3.85. The number of imide groups is 1. The number of nitrogens with one attached hydrogen (secondary N) is 1. The van der Waals surface area contributed by atoms with E-state index in [1.165, 1.54) is 6.20 Å². The van der Waals surface area contributed by atoms with E-state index in [2.05, 4.69) is 10.3 Å². The van der Waals surface area contributed by atoms with Crippen LogP contribution in [0.2, 0.25) is 5.15 Å². The van der Waals surface area contributed by atoms with Crippen molar-refractivity contribution in [3.8, 4) is 11.5 Å². The minimum absolute atomic E-state index is 0.0484. The number of fused-ring (bicyclic) bond motifs is 1. The molecule has 1 fully saturated rings. The summed E-state index contributed by atoms with van der Waals surface area (Å²) in [5.41, 5.74) is 0.949. The fourth-order valence-electron chi connectivity index (χ4n) is 2.78. The number of nitrogens with zero attached hydrogens (tertiary/aromatic N) is 2. The van der Waals surface area contributed by atoms with Gasteiger partial charge in [0.2, 0.25) is 6.79 Å². The first-order valence-corrected chi connectivity index (χ1v) is 9.76. The lowest BCUT2D eigenvalue weighted by atomic mass is 10.2. The van der Waals surface area contributed by atoms with Crippen molar-refractivity contribution in [3.05, 3.63) is 57.7 Å². The Hall–Kier alpha value is -3.04. The van der Waals surface area contributed by atoms with Crippen molar-refractivity contribution < 1.29 is 23.9 Å². The molecule has 0 radical (unpaired) electrons. The first kappa shape index (κ1) is 19.3. The third-order valence-corrected chi connectivity index (χ3v) is 5.40. The second-order valence-electron chi connectivity index (χ2n) is 6.04. The number of amides is 3. The molecule has 3 amide bonds. The van der Waals surface area contributed by atoms with Gasteiger partial charge in [-0.3, -0.25) is 19.3 Å². The molecule has 0 aliphatic carbocycles. The number of hydrogen-bond acceptors (Lipinski definition) is 7. The molecule has 3 heterocycles. The normalized spacial score (nSPS) is 16.6. The molecule has 0 bridgehead atoms. The SMILES string of the molecule is O=C(NCCN1C(=O)S/C(=C/c2ccc3c(c2)OCO3)C1=O)c1cccnc1Cl. The largest absolute Gasteiger partial charge is 0.454 e. The van der Waals surface area contributed by atoms with Crippen molar-refractivity contribution in [1.29, 1.82) is 0 Å². The molecule has 148 valence electrons. The summed E-state index contributed by atoms with van der Waals surface area (Å²) in [5, 5.41) is 2.32. The maximum absolute atomic E-state index is 12.6. The molecule has 1 aromatic heterocycles. The summed E-state index contributed by atoms with van der Waals surface area (Å²) in [5.74, 6) is 0.395. The minimum atomic E-state index is -0.425. The van der Waals surface area contributed by atoms with Gasteiger partial charge < -0.3 is 14.8 Å². The van der Waals surface area contributed by atoms with Gasteiger partial charge in [-0.2, -0.15) is 0 Å². The zero-order valence-electron chi connectivity index (χ0n) is 14.9. The summed E-state index contributed by atoms with van der Waals surface area (Å²) in [7, 11) is 0. The van der Waals surface area contributed by atoms with Gasteiger partial charge in [-0.1, -0.05) is 17.7 Å². The third kappa shape index (κ3) is 4.06. The second kappa shape index (κ2) is 8.14. The van der Waals surface area contributed by atoms with Gasteiger partial charge in [-0.05, 0) is 47.7 Å². The van der Waals surface area contributed by atoms with Gasteiger partial charge in [0, 0.05) is 19.3 Å². The molecule has 2 aromatic rings. The van der Waals surface area contributed by atoms with Crippen LogP contribution in [0.15, 0.2) is 41.4 Å². The number of aromatic nitrogens is 1. The molecule has 1 N–H and O–H groups in total. The van der Waals surface area contributed by atoms with Gasteiger partial charge in [0.25, 0.3) is 17.1 Å². The number of rotatable bonds is 5. The van der Waals surface area contributed by atoms with E-state index in [1.54, 1.807) is 36.4 Å².